The second-order valence-corrected chi connectivity index (χ2v) is 5.13. The molecule has 1 aromatic carbocycles. The van der Waals surface area contributed by atoms with Gasteiger partial charge >= 0.3 is 0 Å². The van der Waals surface area contributed by atoms with E-state index in [0.717, 1.165) is 10.0 Å². The zero-order valence-corrected chi connectivity index (χ0v) is 12.0. The first-order chi connectivity index (χ1) is 8.08. The molecule has 2 rings (SSSR count). The molecule has 0 unspecified atom stereocenters. The Labute approximate surface area is 115 Å². The van der Waals surface area contributed by atoms with Crippen molar-refractivity contribution in [3.05, 3.63) is 50.8 Å². The van der Waals surface area contributed by atoms with Crippen LogP contribution in [0, 0.1) is 12.7 Å². The number of ether oxygens (including phenoxy) is 1. The van der Waals surface area contributed by atoms with Crippen molar-refractivity contribution in [3.63, 3.8) is 0 Å². The molecule has 0 aliphatic rings. The van der Waals surface area contributed by atoms with Crippen LogP contribution < -0.4 is 4.74 Å². The molecule has 0 fully saturated rings. The minimum atomic E-state index is -0.436. The average molecular weight is 361 g/mol. The van der Waals surface area contributed by atoms with Crippen LogP contribution in [-0.2, 0) is 0 Å². The Hall–Kier alpha value is -0.940. The van der Waals surface area contributed by atoms with Crippen LogP contribution in [-0.4, -0.2) is 4.98 Å². The third-order valence-corrected chi connectivity index (χ3v) is 3.61. The summed E-state index contributed by atoms with van der Waals surface area (Å²) >= 11 is 6.54. The lowest BCUT2D eigenvalue weighted by molar-refractivity contribution is 0.424. The zero-order valence-electron chi connectivity index (χ0n) is 8.88. The molecule has 0 radical (unpaired) electrons. The highest BCUT2D eigenvalue weighted by molar-refractivity contribution is 9.10. The SMILES string of the molecule is Cc1ccnc(Oc2ccc(Br)cc2F)c1Br. The Kier molecular flexibility index (Phi) is 3.79. The van der Waals surface area contributed by atoms with Crippen molar-refractivity contribution >= 4 is 31.9 Å². The minimum Gasteiger partial charge on any atom is -0.435 e. The predicted molar refractivity (Wildman–Crippen MR) is 70.8 cm³/mol. The fourth-order valence-corrected chi connectivity index (χ4v) is 1.90. The van der Waals surface area contributed by atoms with Gasteiger partial charge in [0, 0.05) is 10.7 Å². The molecular weight excluding hydrogens is 353 g/mol. The number of aromatic nitrogens is 1. The standard InChI is InChI=1S/C12H8Br2FNO/c1-7-4-5-16-12(11(7)14)17-10-3-2-8(13)6-9(10)15/h2-6H,1H3. The Morgan fingerprint density at radius 2 is 2.00 bits per heavy atom. The van der Waals surface area contributed by atoms with Gasteiger partial charge in [0.25, 0.3) is 0 Å². The molecule has 0 aliphatic heterocycles. The second kappa shape index (κ2) is 5.14. The molecule has 5 heteroatoms. The largest absolute Gasteiger partial charge is 0.435 e. The van der Waals surface area contributed by atoms with Crippen molar-refractivity contribution in [2.24, 2.45) is 0 Å². The predicted octanol–water partition coefficient (Wildman–Crippen LogP) is 4.85. The van der Waals surface area contributed by atoms with E-state index in [4.69, 9.17) is 4.74 Å². The van der Waals surface area contributed by atoms with E-state index in [9.17, 15) is 4.39 Å². The summed E-state index contributed by atoms with van der Waals surface area (Å²) in [5.74, 6) is 0.0628. The summed E-state index contributed by atoms with van der Waals surface area (Å²) in [4.78, 5) is 4.05. The number of hydrogen-bond donors (Lipinski definition) is 0. The number of benzene rings is 1. The average Bonchev–Trinajstić information content (AvgIpc) is 2.28. The Bertz CT molecular complexity index is 560. The van der Waals surface area contributed by atoms with E-state index in [1.165, 1.54) is 6.07 Å². The van der Waals surface area contributed by atoms with Gasteiger partial charge in [0.05, 0.1) is 4.47 Å². The summed E-state index contributed by atoms with van der Waals surface area (Å²) in [6.07, 6.45) is 1.62. The Morgan fingerprint density at radius 1 is 1.24 bits per heavy atom. The molecule has 0 bridgehead atoms. The van der Waals surface area contributed by atoms with Crippen molar-refractivity contribution in [1.29, 1.82) is 0 Å². The first-order valence-corrected chi connectivity index (χ1v) is 6.40. The number of aryl methyl sites for hydroxylation is 1. The van der Waals surface area contributed by atoms with Gasteiger partial charge in [-0.1, -0.05) is 15.9 Å². The molecule has 1 heterocycles. The van der Waals surface area contributed by atoms with Gasteiger partial charge in [-0.25, -0.2) is 9.37 Å². The molecule has 2 aromatic rings. The Balaban J connectivity index is 2.35. The molecule has 0 N–H and O–H groups in total. The maximum Gasteiger partial charge on any atom is 0.234 e. The summed E-state index contributed by atoms with van der Waals surface area (Å²) in [6.45, 7) is 1.91. The van der Waals surface area contributed by atoms with Gasteiger partial charge in [0.2, 0.25) is 5.88 Å². The van der Waals surface area contributed by atoms with Crippen molar-refractivity contribution in [2.75, 3.05) is 0 Å². The van der Waals surface area contributed by atoms with Crippen LogP contribution in [0.25, 0.3) is 0 Å². The molecule has 0 saturated carbocycles. The number of halogens is 3. The lowest BCUT2D eigenvalue weighted by Gasteiger charge is -2.08. The van der Waals surface area contributed by atoms with Crippen molar-refractivity contribution in [2.45, 2.75) is 6.92 Å². The van der Waals surface area contributed by atoms with Gasteiger partial charge in [-0.15, -0.1) is 0 Å². The van der Waals surface area contributed by atoms with Crippen molar-refractivity contribution in [1.82, 2.24) is 4.98 Å². The van der Waals surface area contributed by atoms with Gasteiger partial charge in [0.1, 0.15) is 0 Å². The van der Waals surface area contributed by atoms with Crippen LogP contribution in [0.3, 0.4) is 0 Å². The fourth-order valence-electron chi connectivity index (χ4n) is 1.25. The molecule has 88 valence electrons. The molecule has 17 heavy (non-hydrogen) atoms. The maximum atomic E-state index is 13.6. The van der Waals surface area contributed by atoms with Gasteiger partial charge in [-0.2, -0.15) is 0 Å². The van der Waals surface area contributed by atoms with E-state index in [0.29, 0.717) is 10.4 Å². The van der Waals surface area contributed by atoms with Crippen LogP contribution in [0.1, 0.15) is 5.56 Å². The summed E-state index contributed by atoms with van der Waals surface area (Å²) in [6, 6.07) is 6.45. The molecule has 1 aromatic heterocycles. The quantitative estimate of drug-likeness (QED) is 0.763. The van der Waals surface area contributed by atoms with Crippen molar-refractivity contribution in [3.8, 4) is 11.6 Å². The first-order valence-electron chi connectivity index (χ1n) is 4.82. The van der Waals surface area contributed by atoms with E-state index >= 15 is 0 Å². The molecule has 0 atom stereocenters. The lowest BCUT2D eigenvalue weighted by Crippen LogP contribution is -1.93. The van der Waals surface area contributed by atoms with Crippen molar-refractivity contribution < 1.29 is 9.13 Å². The second-order valence-electron chi connectivity index (χ2n) is 3.42. The van der Waals surface area contributed by atoms with Gasteiger partial charge in [-0.05, 0) is 52.7 Å². The monoisotopic (exact) mass is 359 g/mol. The van der Waals surface area contributed by atoms with Crippen LogP contribution in [0.4, 0.5) is 4.39 Å². The lowest BCUT2D eigenvalue weighted by atomic mass is 10.3. The van der Waals surface area contributed by atoms with E-state index in [2.05, 4.69) is 36.8 Å². The van der Waals surface area contributed by atoms with Gasteiger partial charge in [0.15, 0.2) is 11.6 Å². The summed E-state index contributed by atoms with van der Waals surface area (Å²) in [7, 11) is 0. The van der Waals surface area contributed by atoms with Crippen LogP contribution in [0.5, 0.6) is 11.6 Å². The smallest absolute Gasteiger partial charge is 0.234 e. The number of pyridine rings is 1. The highest BCUT2D eigenvalue weighted by Gasteiger charge is 2.10. The zero-order chi connectivity index (χ0) is 12.4. The third-order valence-electron chi connectivity index (χ3n) is 2.15. The highest BCUT2D eigenvalue weighted by atomic mass is 79.9. The fraction of sp³-hybridized carbons (Fsp3) is 0.0833. The van der Waals surface area contributed by atoms with E-state index in [1.807, 2.05) is 13.0 Å². The van der Waals surface area contributed by atoms with Crippen LogP contribution >= 0.6 is 31.9 Å². The maximum absolute atomic E-state index is 13.6. The first kappa shape index (κ1) is 12.5. The summed E-state index contributed by atoms with van der Waals surface area (Å²) in [5.41, 5.74) is 0.979. The minimum absolute atomic E-state index is 0.145. The van der Waals surface area contributed by atoms with Crippen LogP contribution in [0.2, 0.25) is 0 Å². The number of hydrogen-bond acceptors (Lipinski definition) is 2. The van der Waals surface area contributed by atoms with E-state index in [-0.39, 0.29) is 5.75 Å². The highest BCUT2D eigenvalue weighted by Crippen LogP contribution is 2.31. The molecule has 0 saturated heterocycles. The number of nitrogens with zero attached hydrogens (tertiary/aromatic N) is 1. The van der Waals surface area contributed by atoms with Gasteiger partial charge in [-0.3, -0.25) is 0 Å². The molecule has 0 spiro atoms. The van der Waals surface area contributed by atoms with E-state index < -0.39 is 5.82 Å². The molecule has 0 amide bonds. The van der Waals surface area contributed by atoms with Gasteiger partial charge < -0.3 is 4.74 Å². The molecule has 0 aliphatic carbocycles. The molecular formula is C12H8Br2FNO. The topological polar surface area (TPSA) is 22.1 Å². The van der Waals surface area contributed by atoms with Crippen LogP contribution in [0.15, 0.2) is 39.4 Å². The summed E-state index contributed by atoms with van der Waals surface area (Å²) in [5, 5.41) is 0. The van der Waals surface area contributed by atoms with E-state index in [1.54, 1.807) is 18.3 Å². The third kappa shape index (κ3) is 2.84. The summed E-state index contributed by atoms with van der Waals surface area (Å²) < 4.78 is 20.4. The Morgan fingerprint density at radius 3 is 2.71 bits per heavy atom. The number of rotatable bonds is 2. The normalized spacial score (nSPS) is 10.4. The molecule has 2 nitrogen and oxygen atoms in total.